The summed E-state index contributed by atoms with van der Waals surface area (Å²) in [6, 6.07) is 4.43. The van der Waals surface area contributed by atoms with Crippen molar-refractivity contribution >= 4 is 13.6 Å². The van der Waals surface area contributed by atoms with Gasteiger partial charge in [0.2, 0.25) is 0 Å². The molecule has 0 radical (unpaired) electrons. The SMILES string of the molecule is C=CC(C)=C(C)c1ccc(-c2nc(C(F)(F)F)cn2COCC[Si](C)(C)C)nc1. The molecule has 0 aliphatic carbocycles. The van der Waals surface area contributed by atoms with Crippen LogP contribution in [-0.2, 0) is 17.6 Å². The molecule has 158 valence electrons. The molecule has 0 fully saturated rings. The van der Waals surface area contributed by atoms with Gasteiger partial charge in [0.1, 0.15) is 12.4 Å². The van der Waals surface area contributed by atoms with Gasteiger partial charge in [0.15, 0.2) is 11.5 Å². The number of hydrogen-bond donors (Lipinski definition) is 0. The normalized spacial score (nSPS) is 13.4. The van der Waals surface area contributed by atoms with Crippen LogP contribution in [0.25, 0.3) is 17.1 Å². The van der Waals surface area contributed by atoms with Gasteiger partial charge >= 0.3 is 6.18 Å². The Labute approximate surface area is 171 Å². The molecular weight excluding hydrogens is 395 g/mol. The van der Waals surface area contributed by atoms with Crippen molar-refractivity contribution in [3.8, 4) is 11.5 Å². The largest absolute Gasteiger partial charge is 0.434 e. The third-order valence-corrected chi connectivity index (χ3v) is 6.32. The Bertz CT molecular complexity index is 878. The Morgan fingerprint density at radius 2 is 1.93 bits per heavy atom. The number of hydrogen-bond acceptors (Lipinski definition) is 3. The first-order chi connectivity index (χ1) is 13.4. The van der Waals surface area contributed by atoms with Crippen molar-refractivity contribution in [1.29, 1.82) is 0 Å². The standard InChI is InChI=1S/C21H28F3N3OSi/c1-7-15(2)16(3)17-8-9-18(25-12-17)20-26-19(21(22,23)24)13-27(20)14-28-10-11-29(4,5)6/h7-9,12-13H,1,10-11,14H2,2-6H3. The van der Waals surface area contributed by atoms with Crippen molar-refractivity contribution in [2.45, 2.75) is 52.4 Å². The number of allylic oxidation sites excluding steroid dienone is 3. The number of ether oxygens (including phenoxy) is 1. The number of rotatable bonds is 8. The number of imidazole rings is 1. The van der Waals surface area contributed by atoms with E-state index in [0.29, 0.717) is 12.3 Å². The van der Waals surface area contributed by atoms with E-state index in [0.717, 1.165) is 29.0 Å². The average molecular weight is 424 g/mol. The van der Waals surface area contributed by atoms with Crippen LogP contribution >= 0.6 is 0 Å². The third kappa shape index (κ3) is 6.40. The van der Waals surface area contributed by atoms with Crippen LogP contribution in [0, 0.1) is 0 Å². The predicted molar refractivity (Wildman–Crippen MR) is 113 cm³/mol. The van der Waals surface area contributed by atoms with Gasteiger partial charge in [-0.3, -0.25) is 4.98 Å². The maximum Gasteiger partial charge on any atom is 0.434 e. The molecule has 0 amide bonds. The van der Waals surface area contributed by atoms with E-state index >= 15 is 0 Å². The summed E-state index contributed by atoms with van der Waals surface area (Å²) in [7, 11) is -1.28. The number of pyridine rings is 1. The molecule has 2 heterocycles. The average Bonchev–Trinajstić information content (AvgIpc) is 3.08. The molecule has 0 aromatic carbocycles. The lowest BCUT2D eigenvalue weighted by Crippen LogP contribution is -2.22. The lowest BCUT2D eigenvalue weighted by molar-refractivity contribution is -0.141. The van der Waals surface area contributed by atoms with Crippen molar-refractivity contribution in [2.75, 3.05) is 6.61 Å². The molecule has 2 rings (SSSR count). The molecule has 0 spiro atoms. The maximum atomic E-state index is 13.2. The molecule has 0 unspecified atom stereocenters. The van der Waals surface area contributed by atoms with E-state index in [1.165, 1.54) is 4.57 Å². The molecule has 8 heteroatoms. The topological polar surface area (TPSA) is 39.9 Å². The first-order valence-corrected chi connectivity index (χ1v) is 13.1. The number of aromatic nitrogens is 3. The van der Waals surface area contributed by atoms with E-state index in [-0.39, 0.29) is 12.6 Å². The highest BCUT2D eigenvalue weighted by molar-refractivity contribution is 6.76. The van der Waals surface area contributed by atoms with Crippen molar-refractivity contribution in [1.82, 2.24) is 14.5 Å². The molecule has 29 heavy (non-hydrogen) atoms. The fraction of sp³-hybridized carbons (Fsp3) is 0.429. The first kappa shape index (κ1) is 23.1. The second-order valence-corrected chi connectivity index (χ2v) is 13.8. The van der Waals surface area contributed by atoms with Gasteiger partial charge in [0.05, 0.1) is 0 Å². The van der Waals surface area contributed by atoms with Crippen LogP contribution in [0.4, 0.5) is 13.2 Å². The van der Waals surface area contributed by atoms with Gasteiger partial charge in [0.25, 0.3) is 0 Å². The lowest BCUT2D eigenvalue weighted by Gasteiger charge is -2.16. The van der Waals surface area contributed by atoms with Gasteiger partial charge in [-0.15, -0.1) is 0 Å². The van der Waals surface area contributed by atoms with Gasteiger partial charge in [-0.2, -0.15) is 13.2 Å². The summed E-state index contributed by atoms with van der Waals surface area (Å²) in [5, 5.41) is 0. The van der Waals surface area contributed by atoms with Gasteiger partial charge in [-0.25, -0.2) is 4.98 Å². The fourth-order valence-electron chi connectivity index (χ4n) is 2.53. The van der Waals surface area contributed by atoms with Crippen molar-refractivity contribution in [3.05, 3.63) is 54.0 Å². The maximum absolute atomic E-state index is 13.2. The fourth-order valence-corrected chi connectivity index (χ4v) is 3.28. The molecule has 2 aromatic rings. The smallest absolute Gasteiger partial charge is 0.361 e. The van der Waals surface area contributed by atoms with Gasteiger partial charge in [0, 0.05) is 27.1 Å². The van der Waals surface area contributed by atoms with E-state index in [2.05, 4.69) is 36.2 Å². The van der Waals surface area contributed by atoms with Crippen molar-refractivity contribution < 1.29 is 17.9 Å². The highest BCUT2D eigenvalue weighted by Gasteiger charge is 2.35. The highest BCUT2D eigenvalue weighted by Crippen LogP contribution is 2.31. The summed E-state index contributed by atoms with van der Waals surface area (Å²) in [5.74, 6) is 0.138. The summed E-state index contributed by atoms with van der Waals surface area (Å²) < 4.78 is 46.6. The van der Waals surface area contributed by atoms with Crippen LogP contribution < -0.4 is 0 Å². The Morgan fingerprint density at radius 1 is 1.24 bits per heavy atom. The summed E-state index contributed by atoms with van der Waals surface area (Å²) in [5.41, 5.74) is 2.31. The molecule has 0 aliphatic heterocycles. The van der Waals surface area contributed by atoms with E-state index in [1.54, 1.807) is 18.3 Å². The molecule has 0 atom stereocenters. The van der Waals surface area contributed by atoms with Crippen LogP contribution in [0.5, 0.6) is 0 Å². The van der Waals surface area contributed by atoms with Crippen LogP contribution in [0.1, 0.15) is 25.1 Å². The van der Waals surface area contributed by atoms with Gasteiger partial charge < -0.3 is 9.30 Å². The Kier molecular flexibility index (Phi) is 7.23. The second-order valence-electron chi connectivity index (χ2n) is 8.21. The van der Waals surface area contributed by atoms with Crippen LogP contribution in [0.15, 0.2) is 42.8 Å². The minimum absolute atomic E-state index is 0.000821. The van der Waals surface area contributed by atoms with Gasteiger partial charge in [-0.1, -0.05) is 38.4 Å². The summed E-state index contributed by atoms with van der Waals surface area (Å²) in [4.78, 5) is 8.12. The summed E-state index contributed by atoms with van der Waals surface area (Å²) in [6.45, 7) is 14.8. The van der Waals surface area contributed by atoms with Crippen LogP contribution in [-0.4, -0.2) is 29.2 Å². The minimum atomic E-state index is -4.53. The Morgan fingerprint density at radius 3 is 2.45 bits per heavy atom. The Balaban J connectivity index is 2.30. The van der Waals surface area contributed by atoms with E-state index < -0.39 is 19.9 Å². The quantitative estimate of drug-likeness (QED) is 0.286. The zero-order chi connectivity index (χ0) is 21.8. The third-order valence-electron chi connectivity index (χ3n) is 4.62. The lowest BCUT2D eigenvalue weighted by atomic mass is 10.0. The predicted octanol–water partition coefficient (Wildman–Crippen LogP) is 6.26. The van der Waals surface area contributed by atoms with E-state index in [1.807, 2.05) is 19.9 Å². The summed E-state index contributed by atoms with van der Waals surface area (Å²) >= 11 is 0. The number of alkyl halides is 3. The molecule has 0 aliphatic rings. The van der Waals surface area contributed by atoms with Gasteiger partial charge in [-0.05, 0) is 42.7 Å². The molecule has 0 saturated heterocycles. The van der Waals surface area contributed by atoms with Crippen molar-refractivity contribution in [3.63, 3.8) is 0 Å². The number of halogens is 3. The Hall–Kier alpha value is -2.19. The molecule has 2 aromatic heterocycles. The second kappa shape index (κ2) is 9.09. The summed E-state index contributed by atoms with van der Waals surface area (Å²) in [6.07, 6.45) is -0.162. The first-order valence-electron chi connectivity index (χ1n) is 9.41. The van der Waals surface area contributed by atoms with Crippen molar-refractivity contribution in [2.24, 2.45) is 0 Å². The molecule has 0 N–H and O–H groups in total. The molecule has 4 nitrogen and oxygen atoms in total. The highest BCUT2D eigenvalue weighted by atomic mass is 28.3. The monoisotopic (exact) mass is 423 g/mol. The minimum Gasteiger partial charge on any atom is -0.361 e. The zero-order valence-corrected chi connectivity index (χ0v) is 18.6. The number of nitrogens with zero attached hydrogens (tertiary/aromatic N) is 3. The van der Waals surface area contributed by atoms with E-state index in [4.69, 9.17) is 4.74 Å². The molecular formula is C21H28F3N3OSi. The zero-order valence-electron chi connectivity index (χ0n) is 17.6. The molecule has 0 saturated carbocycles. The van der Waals surface area contributed by atoms with E-state index in [9.17, 15) is 13.2 Å². The molecule has 0 bridgehead atoms. The van der Waals surface area contributed by atoms with Crippen LogP contribution in [0.3, 0.4) is 0 Å². The van der Waals surface area contributed by atoms with Crippen LogP contribution in [0.2, 0.25) is 25.7 Å².